The summed E-state index contributed by atoms with van der Waals surface area (Å²) in [5.41, 5.74) is 4.97. The van der Waals surface area contributed by atoms with Crippen LogP contribution in [0.15, 0.2) is 78.9 Å². The van der Waals surface area contributed by atoms with Gasteiger partial charge in [-0.05, 0) is 59.2 Å². The summed E-state index contributed by atoms with van der Waals surface area (Å²) < 4.78 is 18.3. The average Bonchev–Trinajstić information content (AvgIpc) is 2.72. The molecule has 0 saturated carbocycles. The van der Waals surface area contributed by atoms with E-state index in [-0.39, 0.29) is 5.82 Å². The highest BCUT2D eigenvalue weighted by atomic mass is 19.1. The van der Waals surface area contributed by atoms with E-state index in [0.29, 0.717) is 0 Å². The first-order chi connectivity index (χ1) is 13.2. The summed E-state index contributed by atoms with van der Waals surface area (Å²) in [4.78, 5) is 4.66. The lowest BCUT2D eigenvalue weighted by Gasteiger charge is -2.03. The second-order valence-corrected chi connectivity index (χ2v) is 6.26. The minimum atomic E-state index is -0.223. The molecule has 0 bridgehead atoms. The van der Waals surface area contributed by atoms with Crippen molar-refractivity contribution in [2.24, 2.45) is 0 Å². The molecule has 0 radical (unpaired) electrons. The molecular formula is C24H18FNO. The zero-order valence-electron chi connectivity index (χ0n) is 14.9. The summed E-state index contributed by atoms with van der Waals surface area (Å²) in [7, 11) is 1.66. The Labute approximate surface area is 157 Å². The van der Waals surface area contributed by atoms with Crippen molar-refractivity contribution < 1.29 is 9.13 Å². The fourth-order valence-corrected chi connectivity index (χ4v) is 2.95. The number of aromatic nitrogens is 1. The van der Waals surface area contributed by atoms with Crippen molar-refractivity contribution in [2.75, 3.05) is 7.11 Å². The van der Waals surface area contributed by atoms with Gasteiger partial charge in [-0.2, -0.15) is 0 Å². The molecular weight excluding hydrogens is 337 g/mol. The third-order valence-electron chi connectivity index (χ3n) is 4.45. The maximum atomic E-state index is 13.0. The standard InChI is InChI=1S/C24H18FNO/c1-27-23-14-15-24-20(16-23)9-13-22(26-24)12-4-17-2-5-18(6-3-17)19-7-10-21(25)11-8-19/h2-16H,1H3/b12-4+. The molecule has 0 atom stereocenters. The highest BCUT2D eigenvalue weighted by molar-refractivity contribution is 5.82. The topological polar surface area (TPSA) is 22.1 Å². The van der Waals surface area contributed by atoms with E-state index in [1.54, 1.807) is 19.2 Å². The van der Waals surface area contributed by atoms with Gasteiger partial charge in [0.25, 0.3) is 0 Å². The molecule has 0 aliphatic rings. The molecule has 3 heteroatoms. The first-order valence-electron chi connectivity index (χ1n) is 8.70. The van der Waals surface area contributed by atoms with Crippen LogP contribution < -0.4 is 4.74 Å². The molecule has 0 N–H and O–H groups in total. The minimum absolute atomic E-state index is 0.223. The molecule has 0 spiro atoms. The number of halogens is 1. The van der Waals surface area contributed by atoms with Gasteiger partial charge in [0.15, 0.2) is 0 Å². The number of benzene rings is 3. The van der Waals surface area contributed by atoms with Crippen molar-refractivity contribution >= 4 is 23.1 Å². The number of hydrogen-bond donors (Lipinski definition) is 0. The molecule has 1 aromatic heterocycles. The summed E-state index contributed by atoms with van der Waals surface area (Å²) in [5.74, 6) is 0.605. The molecule has 0 fully saturated rings. The second kappa shape index (κ2) is 7.42. The van der Waals surface area contributed by atoms with Crippen molar-refractivity contribution in [3.8, 4) is 16.9 Å². The molecule has 0 aliphatic heterocycles. The molecule has 4 rings (SSSR count). The van der Waals surface area contributed by atoms with Crippen LogP contribution in [-0.4, -0.2) is 12.1 Å². The number of hydrogen-bond acceptors (Lipinski definition) is 2. The highest BCUT2D eigenvalue weighted by Crippen LogP contribution is 2.22. The average molecular weight is 355 g/mol. The van der Waals surface area contributed by atoms with E-state index >= 15 is 0 Å². The van der Waals surface area contributed by atoms with Gasteiger partial charge in [-0.25, -0.2) is 9.37 Å². The van der Waals surface area contributed by atoms with Gasteiger partial charge in [-0.1, -0.05) is 48.5 Å². The number of methoxy groups -OCH3 is 1. The Balaban J connectivity index is 1.53. The highest BCUT2D eigenvalue weighted by Gasteiger charge is 2.00. The van der Waals surface area contributed by atoms with Gasteiger partial charge in [-0.3, -0.25) is 0 Å². The number of ether oxygens (including phenoxy) is 1. The molecule has 2 nitrogen and oxygen atoms in total. The summed E-state index contributed by atoms with van der Waals surface area (Å²) in [6.45, 7) is 0. The predicted molar refractivity (Wildman–Crippen MR) is 109 cm³/mol. The maximum Gasteiger partial charge on any atom is 0.123 e. The maximum absolute atomic E-state index is 13.0. The molecule has 132 valence electrons. The number of rotatable bonds is 4. The van der Waals surface area contributed by atoms with Gasteiger partial charge in [0.2, 0.25) is 0 Å². The Hall–Kier alpha value is -3.46. The second-order valence-electron chi connectivity index (χ2n) is 6.26. The smallest absolute Gasteiger partial charge is 0.123 e. The Morgan fingerprint density at radius 3 is 2.19 bits per heavy atom. The number of nitrogens with zero attached hydrogens (tertiary/aromatic N) is 1. The largest absolute Gasteiger partial charge is 0.497 e. The monoisotopic (exact) mass is 355 g/mol. The van der Waals surface area contributed by atoms with Crippen LogP contribution in [0.5, 0.6) is 5.75 Å². The molecule has 0 saturated heterocycles. The quantitative estimate of drug-likeness (QED) is 0.433. The fourth-order valence-electron chi connectivity index (χ4n) is 2.95. The van der Waals surface area contributed by atoms with Crippen LogP contribution >= 0.6 is 0 Å². The fraction of sp³-hybridized carbons (Fsp3) is 0.0417. The first kappa shape index (κ1) is 17.0. The Morgan fingerprint density at radius 1 is 0.778 bits per heavy atom. The van der Waals surface area contributed by atoms with Crippen LogP contribution in [0.3, 0.4) is 0 Å². The Kier molecular flexibility index (Phi) is 4.67. The van der Waals surface area contributed by atoms with Gasteiger partial charge >= 0.3 is 0 Å². The van der Waals surface area contributed by atoms with Gasteiger partial charge in [-0.15, -0.1) is 0 Å². The molecule has 1 heterocycles. The van der Waals surface area contributed by atoms with Gasteiger partial charge < -0.3 is 4.74 Å². The lowest BCUT2D eigenvalue weighted by molar-refractivity contribution is 0.415. The molecule has 27 heavy (non-hydrogen) atoms. The van der Waals surface area contributed by atoms with Crippen LogP contribution in [0.4, 0.5) is 4.39 Å². The zero-order valence-corrected chi connectivity index (χ0v) is 14.9. The predicted octanol–water partition coefficient (Wildman–Crippen LogP) is 6.22. The van der Waals surface area contributed by atoms with Gasteiger partial charge in [0.1, 0.15) is 11.6 Å². The van der Waals surface area contributed by atoms with Crippen molar-refractivity contribution in [2.45, 2.75) is 0 Å². The molecule has 0 amide bonds. The number of fused-ring (bicyclic) bond motifs is 1. The molecule has 3 aromatic carbocycles. The van der Waals surface area contributed by atoms with Crippen molar-refractivity contribution in [1.82, 2.24) is 4.98 Å². The van der Waals surface area contributed by atoms with E-state index < -0.39 is 0 Å². The third-order valence-corrected chi connectivity index (χ3v) is 4.45. The summed E-state index contributed by atoms with van der Waals surface area (Å²) in [5, 5.41) is 1.05. The van der Waals surface area contributed by atoms with Gasteiger partial charge in [0, 0.05) is 5.39 Å². The molecule has 0 unspecified atom stereocenters. The summed E-state index contributed by atoms with van der Waals surface area (Å²) in [6.07, 6.45) is 4.03. The van der Waals surface area contributed by atoms with Crippen LogP contribution in [-0.2, 0) is 0 Å². The lowest BCUT2D eigenvalue weighted by Crippen LogP contribution is -1.86. The molecule has 0 aliphatic carbocycles. The van der Waals surface area contributed by atoms with E-state index in [2.05, 4.69) is 4.98 Å². The molecule has 4 aromatic rings. The van der Waals surface area contributed by atoms with Crippen LogP contribution in [0.2, 0.25) is 0 Å². The van der Waals surface area contributed by atoms with Crippen LogP contribution in [0.1, 0.15) is 11.3 Å². The normalized spacial score (nSPS) is 11.2. The zero-order chi connectivity index (χ0) is 18.6. The minimum Gasteiger partial charge on any atom is -0.497 e. The van der Waals surface area contributed by atoms with Crippen LogP contribution in [0.25, 0.3) is 34.2 Å². The summed E-state index contributed by atoms with van der Waals surface area (Å²) >= 11 is 0. The number of pyridine rings is 1. The van der Waals surface area contributed by atoms with E-state index in [0.717, 1.165) is 39.0 Å². The van der Waals surface area contributed by atoms with E-state index in [9.17, 15) is 4.39 Å². The first-order valence-corrected chi connectivity index (χ1v) is 8.70. The SMILES string of the molecule is COc1ccc2nc(/C=C/c3ccc(-c4ccc(F)cc4)cc3)ccc2c1. The van der Waals surface area contributed by atoms with E-state index in [1.807, 2.05) is 66.7 Å². The Morgan fingerprint density at radius 2 is 1.48 bits per heavy atom. The van der Waals surface area contributed by atoms with Crippen LogP contribution in [0, 0.1) is 5.82 Å². The van der Waals surface area contributed by atoms with E-state index in [1.165, 1.54) is 12.1 Å². The lowest BCUT2D eigenvalue weighted by atomic mass is 10.0. The van der Waals surface area contributed by atoms with Crippen molar-refractivity contribution in [3.05, 3.63) is 95.9 Å². The van der Waals surface area contributed by atoms with Crippen molar-refractivity contribution in [3.63, 3.8) is 0 Å². The summed E-state index contributed by atoms with van der Waals surface area (Å²) in [6, 6.07) is 24.6. The Bertz CT molecular complexity index is 1100. The van der Waals surface area contributed by atoms with Gasteiger partial charge in [0.05, 0.1) is 18.3 Å². The van der Waals surface area contributed by atoms with E-state index in [4.69, 9.17) is 4.74 Å². The van der Waals surface area contributed by atoms with Crippen molar-refractivity contribution in [1.29, 1.82) is 0 Å². The third kappa shape index (κ3) is 3.87.